The Hall–Kier alpha value is -0.450. The highest BCUT2D eigenvalue weighted by Gasteiger charge is 2.18. The molecule has 1 saturated heterocycles. The SMILES string of the molecule is NCC1CCCN(Cc2nccs2)C1. The first-order valence-electron chi connectivity index (χ1n) is 5.19. The average molecular weight is 211 g/mol. The van der Waals surface area contributed by atoms with Crippen molar-refractivity contribution in [2.75, 3.05) is 19.6 Å². The topological polar surface area (TPSA) is 42.1 Å². The van der Waals surface area contributed by atoms with Gasteiger partial charge in [-0.3, -0.25) is 4.90 Å². The summed E-state index contributed by atoms with van der Waals surface area (Å²) in [5, 5.41) is 3.27. The Morgan fingerprint density at radius 2 is 2.57 bits per heavy atom. The molecule has 0 bridgehead atoms. The summed E-state index contributed by atoms with van der Waals surface area (Å²) in [5.74, 6) is 0.698. The molecule has 1 fully saturated rings. The minimum Gasteiger partial charge on any atom is -0.330 e. The number of rotatable bonds is 3. The van der Waals surface area contributed by atoms with Crippen LogP contribution < -0.4 is 5.73 Å². The molecule has 0 aromatic carbocycles. The maximum atomic E-state index is 5.70. The van der Waals surface area contributed by atoms with E-state index in [0.29, 0.717) is 5.92 Å². The number of aromatic nitrogens is 1. The lowest BCUT2D eigenvalue weighted by atomic mass is 9.98. The summed E-state index contributed by atoms with van der Waals surface area (Å²) in [5.41, 5.74) is 5.70. The van der Waals surface area contributed by atoms with Gasteiger partial charge in [-0.25, -0.2) is 4.98 Å². The predicted octanol–water partition coefficient (Wildman–Crippen LogP) is 1.31. The summed E-state index contributed by atoms with van der Waals surface area (Å²) in [6, 6.07) is 0. The fraction of sp³-hybridized carbons (Fsp3) is 0.700. The van der Waals surface area contributed by atoms with Crippen molar-refractivity contribution in [3.05, 3.63) is 16.6 Å². The first-order chi connectivity index (χ1) is 6.88. The first kappa shape index (κ1) is 10.1. The molecule has 1 unspecified atom stereocenters. The van der Waals surface area contributed by atoms with Crippen molar-refractivity contribution in [3.63, 3.8) is 0 Å². The van der Waals surface area contributed by atoms with Crippen LogP contribution in [0, 0.1) is 5.92 Å². The summed E-state index contributed by atoms with van der Waals surface area (Å²) >= 11 is 1.74. The monoisotopic (exact) mass is 211 g/mol. The second kappa shape index (κ2) is 4.87. The quantitative estimate of drug-likeness (QED) is 0.820. The highest BCUT2D eigenvalue weighted by molar-refractivity contribution is 7.09. The molecule has 0 aliphatic carbocycles. The minimum absolute atomic E-state index is 0.698. The smallest absolute Gasteiger partial charge is 0.107 e. The summed E-state index contributed by atoms with van der Waals surface area (Å²) in [6.07, 6.45) is 4.46. The van der Waals surface area contributed by atoms with Crippen molar-refractivity contribution < 1.29 is 0 Å². The van der Waals surface area contributed by atoms with E-state index in [1.807, 2.05) is 11.6 Å². The van der Waals surface area contributed by atoms with Crippen molar-refractivity contribution >= 4 is 11.3 Å². The van der Waals surface area contributed by atoms with Crippen LogP contribution >= 0.6 is 11.3 Å². The van der Waals surface area contributed by atoms with E-state index in [2.05, 4.69) is 9.88 Å². The van der Waals surface area contributed by atoms with Crippen LogP contribution in [-0.2, 0) is 6.54 Å². The van der Waals surface area contributed by atoms with Crippen molar-refractivity contribution in [3.8, 4) is 0 Å². The minimum atomic E-state index is 0.698. The number of piperidine rings is 1. The molecule has 0 radical (unpaired) electrons. The molecular formula is C10H17N3S. The van der Waals surface area contributed by atoms with E-state index in [1.54, 1.807) is 11.3 Å². The van der Waals surface area contributed by atoms with Crippen LogP contribution in [0.5, 0.6) is 0 Å². The number of likely N-dealkylation sites (tertiary alicyclic amines) is 1. The lowest BCUT2D eigenvalue weighted by Gasteiger charge is -2.31. The molecule has 1 aliphatic heterocycles. The zero-order valence-electron chi connectivity index (χ0n) is 8.35. The zero-order chi connectivity index (χ0) is 9.80. The van der Waals surface area contributed by atoms with E-state index in [-0.39, 0.29) is 0 Å². The van der Waals surface area contributed by atoms with E-state index in [1.165, 1.54) is 24.4 Å². The van der Waals surface area contributed by atoms with Crippen LogP contribution in [0.15, 0.2) is 11.6 Å². The van der Waals surface area contributed by atoms with Crippen LogP contribution in [0.1, 0.15) is 17.8 Å². The van der Waals surface area contributed by atoms with E-state index in [0.717, 1.165) is 19.6 Å². The Kier molecular flexibility index (Phi) is 3.50. The lowest BCUT2D eigenvalue weighted by molar-refractivity contribution is 0.171. The lowest BCUT2D eigenvalue weighted by Crippen LogP contribution is -2.37. The van der Waals surface area contributed by atoms with E-state index >= 15 is 0 Å². The third-order valence-corrected chi connectivity index (χ3v) is 3.54. The molecule has 1 atom stereocenters. The van der Waals surface area contributed by atoms with Crippen molar-refractivity contribution in [1.29, 1.82) is 0 Å². The van der Waals surface area contributed by atoms with Gasteiger partial charge >= 0.3 is 0 Å². The van der Waals surface area contributed by atoms with E-state index < -0.39 is 0 Å². The Balaban J connectivity index is 1.86. The number of hydrogen-bond acceptors (Lipinski definition) is 4. The normalized spacial score (nSPS) is 23.9. The summed E-state index contributed by atoms with van der Waals surface area (Å²) in [6.45, 7) is 4.19. The fourth-order valence-corrected chi connectivity index (χ4v) is 2.67. The van der Waals surface area contributed by atoms with Gasteiger partial charge in [0, 0.05) is 18.1 Å². The molecule has 3 nitrogen and oxygen atoms in total. The highest BCUT2D eigenvalue weighted by Crippen LogP contribution is 2.18. The number of nitrogens with two attached hydrogens (primary N) is 1. The Labute approximate surface area is 88.9 Å². The molecule has 4 heteroatoms. The molecule has 1 aromatic rings. The van der Waals surface area contributed by atoms with Crippen LogP contribution in [0.2, 0.25) is 0 Å². The second-order valence-corrected chi connectivity index (χ2v) is 4.88. The standard InChI is InChI=1S/C10H17N3S/c11-6-9-2-1-4-13(7-9)8-10-12-3-5-14-10/h3,5,9H,1-2,4,6-8,11H2. The van der Waals surface area contributed by atoms with Gasteiger partial charge in [-0.15, -0.1) is 11.3 Å². The second-order valence-electron chi connectivity index (χ2n) is 3.90. The van der Waals surface area contributed by atoms with Gasteiger partial charge in [0.2, 0.25) is 0 Å². The average Bonchev–Trinajstić information content (AvgIpc) is 2.71. The highest BCUT2D eigenvalue weighted by atomic mass is 32.1. The van der Waals surface area contributed by atoms with Gasteiger partial charge in [-0.1, -0.05) is 0 Å². The summed E-state index contributed by atoms with van der Waals surface area (Å²) < 4.78 is 0. The number of thiazole rings is 1. The van der Waals surface area contributed by atoms with Gasteiger partial charge in [-0.05, 0) is 31.8 Å². The first-order valence-corrected chi connectivity index (χ1v) is 6.07. The van der Waals surface area contributed by atoms with Crippen LogP contribution in [0.3, 0.4) is 0 Å². The molecule has 2 rings (SSSR count). The Bertz CT molecular complexity index is 260. The van der Waals surface area contributed by atoms with Crippen LogP contribution in [0.25, 0.3) is 0 Å². The molecular weight excluding hydrogens is 194 g/mol. The third kappa shape index (κ3) is 2.53. The van der Waals surface area contributed by atoms with Crippen molar-refractivity contribution in [2.45, 2.75) is 19.4 Å². The van der Waals surface area contributed by atoms with Gasteiger partial charge in [0.15, 0.2) is 0 Å². The molecule has 14 heavy (non-hydrogen) atoms. The number of nitrogens with zero attached hydrogens (tertiary/aromatic N) is 2. The van der Waals surface area contributed by atoms with Crippen molar-refractivity contribution in [1.82, 2.24) is 9.88 Å². The number of hydrogen-bond donors (Lipinski definition) is 1. The van der Waals surface area contributed by atoms with Crippen LogP contribution in [0.4, 0.5) is 0 Å². The molecule has 78 valence electrons. The summed E-state index contributed by atoms with van der Waals surface area (Å²) in [7, 11) is 0. The molecule has 2 N–H and O–H groups in total. The Morgan fingerprint density at radius 1 is 1.64 bits per heavy atom. The fourth-order valence-electron chi connectivity index (χ4n) is 2.01. The summed E-state index contributed by atoms with van der Waals surface area (Å²) in [4.78, 5) is 6.78. The predicted molar refractivity (Wildman–Crippen MR) is 59.2 cm³/mol. The molecule has 0 saturated carbocycles. The van der Waals surface area contributed by atoms with E-state index in [4.69, 9.17) is 5.73 Å². The maximum Gasteiger partial charge on any atom is 0.107 e. The van der Waals surface area contributed by atoms with Crippen LogP contribution in [-0.4, -0.2) is 29.5 Å². The third-order valence-electron chi connectivity index (χ3n) is 2.78. The van der Waals surface area contributed by atoms with Gasteiger partial charge in [0.1, 0.15) is 5.01 Å². The van der Waals surface area contributed by atoms with Gasteiger partial charge in [0.05, 0.1) is 6.54 Å². The Morgan fingerprint density at radius 3 is 3.29 bits per heavy atom. The van der Waals surface area contributed by atoms with Gasteiger partial charge in [0.25, 0.3) is 0 Å². The molecule has 1 aliphatic rings. The zero-order valence-corrected chi connectivity index (χ0v) is 9.17. The molecule has 0 spiro atoms. The molecule has 2 heterocycles. The van der Waals surface area contributed by atoms with Gasteiger partial charge < -0.3 is 5.73 Å². The van der Waals surface area contributed by atoms with Crippen molar-refractivity contribution in [2.24, 2.45) is 11.7 Å². The van der Waals surface area contributed by atoms with E-state index in [9.17, 15) is 0 Å². The molecule has 1 aromatic heterocycles. The largest absolute Gasteiger partial charge is 0.330 e. The van der Waals surface area contributed by atoms with Gasteiger partial charge in [-0.2, -0.15) is 0 Å². The molecule has 0 amide bonds. The maximum absolute atomic E-state index is 5.70.